The predicted molar refractivity (Wildman–Crippen MR) is 94.5 cm³/mol. The largest absolute Gasteiger partial charge is 0.335 e. The average molecular weight is 337 g/mol. The molecule has 1 fully saturated rings. The third kappa shape index (κ3) is 2.59. The fraction of sp³-hybridized carbons (Fsp3) is 0.444. The first-order valence-electron chi connectivity index (χ1n) is 8.37. The fourth-order valence-electron chi connectivity index (χ4n) is 3.76. The molecule has 1 aliphatic carbocycles. The van der Waals surface area contributed by atoms with Gasteiger partial charge >= 0.3 is 0 Å². The van der Waals surface area contributed by atoms with Crippen molar-refractivity contribution in [3.63, 3.8) is 0 Å². The number of thiazole rings is 1. The third-order valence-electron chi connectivity index (χ3n) is 5.02. The molecule has 3 aromatic heterocycles. The number of fused-ring (bicyclic) bond motifs is 1. The van der Waals surface area contributed by atoms with Crippen LogP contribution in [0, 0.1) is 17.2 Å². The molecule has 0 bridgehead atoms. The SMILES string of the molecule is Cn1ccc2c(-c3cnc(C(CC#N)C4CCCC4)s3)ncnc21. The van der Waals surface area contributed by atoms with Crippen molar-refractivity contribution in [2.75, 3.05) is 0 Å². The molecule has 3 heterocycles. The van der Waals surface area contributed by atoms with E-state index in [1.165, 1.54) is 25.7 Å². The van der Waals surface area contributed by atoms with Crippen LogP contribution in [0.4, 0.5) is 0 Å². The molecule has 24 heavy (non-hydrogen) atoms. The van der Waals surface area contributed by atoms with E-state index in [0.717, 1.165) is 26.6 Å². The van der Waals surface area contributed by atoms with E-state index in [9.17, 15) is 5.26 Å². The van der Waals surface area contributed by atoms with Gasteiger partial charge in [0.1, 0.15) is 12.0 Å². The monoisotopic (exact) mass is 337 g/mol. The number of nitrogens with zero attached hydrogens (tertiary/aromatic N) is 5. The highest BCUT2D eigenvalue weighted by atomic mass is 32.1. The van der Waals surface area contributed by atoms with Crippen LogP contribution in [0.25, 0.3) is 21.6 Å². The Balaban J connectivity index is 1.72. The van der Waals surface area contributed by atoms with Crippen molar-refractivity contribution in [1.29, 1.82) is 5.26 Å². The molecule has 0 saturated heterocycles. The molecular weight excluding hydrogens is 318 g/mol. The van der Waals surface area contributed by atoms with E-state index in [2.05, 4.69) is 21.0 Å². The zero-order valence-electron chi connectivity index (χ0n) is 13.6. The second-order valence-electron chi connectivity index (χ2n) is 6.46. The van der Waals surface area contributed by atoms with E-state index in [1.54, 1.807) is 17.7 Å². The van der Waals surface area contributed by atoms with E-state index in [4.69, 9.17) is 0 Å². The highest BCUT2D eigenvalue weighted by Gasteiger charge is 2.28. The van der Waals surface area contributed by atoms with Crippen molar-refractivity contribution < 1.29 is 0 Å². The first kappa shape index (κ1) is 15.3. The molecule has 1 saturated carbocycles. The third-order valence-corrected chi connectivity index (χ3v) is 6.15. The number of hydrogen-bond donors (Lipinski definition) is 0. The highest BCUT2D eigenvalue weighted by Crippen LogP contribution is 2.42. The van der Waals surface area contributed by atoms with Crippen LogP contribution in [-0.2, 0) is 7.05 Å². The van der Waals surface area contributed by atoms with Crippen LogP contribution in [-0.4, -0.2) is 19.5 Å². The van der Waals surface area contributed by atoms with Crippen LogP contribution >= 0.6 is 11.3 Å². The highest BCUT2D eigenvalue weighted by molar-refractivity contribution is 7.15. The fourth-order valence-corrected chi connectivity index (χ4v) is 4.88. The number of nitriles is 1. The van der Waals surface area contributed by atoms with Crippen molar-refractivity contribution in [2.24, 2.45) is 13.0 Å². The Labute approximate surface area is 145 Å². The van der Waals surface area contributed by atoms with Crippen molar-refractivity contribution in [1.82, 2.24) is 19.5 Å². The molecule has 3 aromatic rings. The topological polar surface area (TPSA) is 67.4 Å². The van der Waals surface area contributed by atoms with Gasteiger partial charge in [-0.3, -0.25) is 0 Å². The van der Waals surface area contributed by atoms with Gasteiger partial charge in [-0.2, -0.15) is 5.26 Å². The summed E-state index contributed by atoms with van der Waals surface area (Å²) in [6.07, 6.45) is 11.1. The standard InChI is InChI=1S/C18H19N5S/c1-23-9-7-14-16(21-11-22-17(14)23)15-10-20-18(24-15)13(6-8-19)12-4-2-3-5-12/h7,9-13H,2-6H2,1H3. The number of hydrogen-bond acceptors (Lipinski definition) is 5. The maximum Gasteiger partial charge on any atom is 0.143 e. The van der Waals surface area contributed by atoms with Gasteiger partial charge in [-0.15, -0.1) is 11.3 Å². The molecule has 1 unspecified atom stereocenters. The summed E-state index contributed by atoms with van der Waals surface area (Å²) in [5.41, 5.74) is 1.87. The van der Waals surface area contributed by atoms with Crippen LogP contribution < -0.4 is 0 Å². The first-order chi connectivity index (χ1) is 11.8. The lowest BCUT2D eigenvalue weighted by atomic mass is 9.89. The van der Waals surface area contributed by atoms with Crippen molar-refractivity contribution in [3.8, 4) is 16.6 Å². The van der Waals surface area contributed by atoms with Gasteiger partial charge in [0, 0.05) is 37.2 Å². The van der Waals surface area contributed by atoms with E-state index < -0.39 is 0 Å². The molecule has 0 radical (unpaired) electrons. The van der Waals surface area contributed by atoms with Gasteiger partial charge in [-0.1, -0.05) is 12.8 Å². The molecular formula is C18H19N5S. The van der Waals surface area contributed by atoms with Crippen LogP contribution in [0.1, 0.15) is 43.0 Å². The molecule has 1 atom stereocenters. The van der Waals surface area contributed by atoms with Crippen LogP contribution in [0.2, 0.25) is 0 Å². The first-order valence-corrected chi connectivity index (χ1v) is 9.18. The maximum atomic E-state index is 9.23. The molecule has 0 aliphatic heterocycles. The zero-order chi connectivity index (χ0) is 16.5. The molecule has 4 rings (SSSR count). The minimum atomic E-state index is 0.268. The zero-order valence-corrected chi connectivity index (χ0v) is 14.5. The second-order valence-corrected chi connectivity index (χ2v) is 7.52. The van der Waals surface area contributed by atoms with Gasteiger partial charge in [0.25, 0.3) is 0 Å². The molecule has 122 valence electrons. The molecule has 0 aromatic carbocycles. The Kier molecular flexibility index (Phi) is 4.03. The summed E-state index contributed by atoms with van der Waals surface area (Å²) < 4.78 is 2.00. The smallest absolute Gasteiger partial charge is 0.143 e. The molecule has 1 aliphatic rings. The molecule has 0 amide bonds. The van der Waals surface area contributed by atoms with E-state index in [1.807, 2.05) is 30.1 Å². The second kappa shape index (κ2) is 6.33. The van der Waals surface area contributed by atoms with Gasteiger partial charge in [-0.05, 0) is 24.8 Å². The van der Waals surface area contributed by atoms with E-state index >= 15 is 0 Å². The van der Waals surface area contributed by atoms with Crippen LogP contribution in [0.5, 0.6) is 0 Å². The summed E-state index contributed by atoms with van der Waals surface area (Å²) in [6.45, 7) is 0. The summed E-state index contributed by atoms with van der Waals surface area (Å²) in [5.74, 6) is 0.871. The summed E-state index contributed by atoms with van der Waals surface area (Å²) in [7, 11) is 1.99. The Morgan fingerprint density at radius 2 is 2.17 bits per heavy atom. The van der Waals surface area contributed by atoms with Gasteiger partial charge in [-0.25, -0.2) is 15.0 Å². The van der Waals surface area contributed by atoms with Crippen LogP contribution in [0.3, 0.4) is 0 Å². The number of aryl methyl sites for hydroxylation is 1. The Morgan fingerprint density at radius 1 is 1.33 bits per heavy atom. The predicted octanol–water partition coefficient (Wildman–Crippen LogP) is 4.28. The lowest BCUT2D eigenvalue weighted by molar-refractivity contribution is 0.438. The van der Waals surface area contributed by atoms with Gasteiger partial charge in [0.2, 0.25) is 0 Å². The van der Waals surface area contributed by atoms with Crippen LogP contribution in [0.15, 0.2) is 24.8 Å². The average Bonchev–Trinajstić information content (AvgIpc) is 3.34. The molecule has 5 nitrogen and oxygen atoms in total. The lowest BCUT2D eigenvalue weighted by Crippen LogP contribution is -2.08. The van der Waals surface area contributed by atoms with E-state index in [0.29, 0.717) is 12.3 Å². The van der Waals surface area contributed by atoms with Crippen molar-refractivity contribution in [3.05, 3.63) is 29.8 Å². The van der Waals surface area contributed by atoms with Gasteiger partial charge < -0.3 is 4.57 Å². The summed E-state index contributed by atoms with van der Waals surface area (Å²) in [6, 6.07) is 4.41. The Morgan fingerprint density at radius 3 is 2.96 bits per heavy atom. The molecule has 0 N–H and O–H groups in total. The Bertz CT molecular complexity index is 898. The summed E-state index contributed by atoms with van der Waals surface area (Å²) in [4.78, 5) is 14.6. The quantitative estimate of drug-likeness (QED) is 0.712. The van der Waals surface area contributed by atoms with Crippen molar-refractivity contribution in [2.45, 2.75) is 38.0 Å². The normalized spacial score (nSPS) is 16.5. The summed E-state index contributed by atoms with van der Waals surface area (Å²) >= 11 is 1.68. The molecule has 0 spiro atoms. The molecule has 6 heteroatoms. The minimum Gasteiger partial charge on any atom is -0.335 e. The maximum absolute atomic E-state index is 9.23. The lowest BCUT2D eigenvalue weighted by Gasteiger charge is -2.18. The van der Waals surface area contributed by atoms with Gasteiger partial charge in [0.05, 0.1) is 21.6 Å². The number of aromatic nitrogens is 4. The van der Waals surface area contributed by atoms with Gasteiger partial charge in [0.15, 0.2) is 0 Å². The van der Waals surface area contributed by atoms with Crippen molar-refractivity contribution >= 4 is 22.4 Å². The Hall–Kier alpha value is -2.26. The minimum absolute atomic E-state index is 0.268. The summed E-state index contributed by atoms with van der Waals surface area (Å²) in [5, 5.41) is 11.4. The van der Waals surface area contributed by atoms with E-state index in [-0.39, 0.29) is 5.92 Å². The number of rotatable bonds is 4.